The summed E-state index contributed by atoms with van der Waals surface area (Å²) in [5.41, 5.74) is 0. The van der Waals surface area contributed by atoms with Crippen LogP contribution in [0.15, 0.2) is 12.1 Å². The third-order valence-electron chi connectivity index (χ3n) is 4.42. The molecule has 1 saturated heterocycles. The highest BCUT2D eigenvalue weighted by Gasteiger charge is 2.33. The van der Waals surface area contributed by atoms with Crippen molar-refractivity contribution in [1.82, 2.24) is 10.2 Å². The zero-order valence-corrected chi connectivity index (χ0v) is 14.3. The largest absolute Gasteiger partial charge is 0.353 e. The molecule has 0 bridgehead atoms. The minimum Gasteiger partial charge on any atom is -0.353 e. The summed E-state index contributed by atoms with van der Waals surface area (Å²) in [6.07, 6.45) is 3.96. The number of nitrogens with zero attached hydrogens (tertiary/aromatic N) is 1. The van der Waals surface area contributed by atoms with E-state index in [4.69, 9.17) is 11.6 Å². The normalized spacial score (nSPS) is 23.2. The van der Waals surface area contributed by atoms with Gasteiger partial charge in [0.1, 0.15) is 0 Å². The Morgan fingerprint density at radius 2 is 2.14 bits per heavy atom. The second kappa shape index (κ2) is 6.59. The van der Waals surface area contributed by atoms with Crippen LogP contribution in [0.3, 0.4) is 0 Å². The average Bonchev–Trinajstić information content (AvgIpc) is 3.24. The summed E-state index contributed by atoms with van der Waals surface area (Å²) in [5.74, 6) is -0.0329. The number of piperidine rings is 1. The average molecular weight is 341 g/mol. The van der Waals surface area contributed by atoms with Crippen molar-refractivity contribution < 1.29 is 9.59 Å². The van der Waals surface area contributed by atoms with Crippen LogP contribution in [0.2, 0.25) is 4.34 Å². The molecule has 6 heteroatoms. The van der Waals surface area contributed by atoms with Crippen molar-refractivity contribution in [2.75, 3.05) is 13.1 Å². The molecular formula is C16H21ClN2O2S. The zero-order valence-electron chi connectivity index (χ0n) is 12.7. The smallest absolute Gasteiger partial charge is 0.230 e. The monoisotopic (exact) mass is 340 g/mol. The second-order valence-corrected chi connectivity index (χ2v) is 8.02. The highest BCUT2D eigenvalue weighted by molar-refractivity contribution is 7.16. The van der Waals surface area contributed by atoms with E-state index in [2.05, 4.69) is 5.32 Å². The van der Waals surface area contributed by atoms with Gasteiger partial charge in [0.2, 0.25) is 11.8 Å². The van der Waals surface area contributed by atoms with Crippen molar-refractivity contribution in [2.45, 2.75) is 44.6 Å². The van der Waals surface area contributed by atoms with Crippen molar-refractivity contribution >= 4 is 34.8 Å². The molecule has 0 unspecified atom stereocenters. The Labute approximate surface area is 139 Å². The molecule has 1 aliphatic heterocycles. The van der Waals surface area contributed by atoms with E-state index in [-0.39, 0.29) is 23.7 Å². The third-order valence-corrected chi connectivity index (χ3v) is 5.83. The Bertz CT molecular complexity index is 570. The molecule has 1 aliphatic carbocycles. The van der Waals surface area contributed by atoms with Gasteiger partial charge in [0.25, 0.3) is 0 Å². The molecule has 1 aromatic heterocycles. The Morgan fingerprint density at radius 3 is 2.77 bits per heavy atom. The number of hydrogen-bond donors (Lipinski definition) is 1. The fourth-order valence-electron chi connectivity index (χ4n) is 2.89. The first kappa shape index (κ1) is 15.8. The van der Waals surface area contributed by atoms with Crippen LogP contribution in [-0.4, -0.2) is 35.8 Å². The van der Waals surface area contributed by atoms with Crippen LogP contribution in [0.5, 0.6) is 0 Å². The summed E-state index contributed by atoms with van der Waals surface area (Å²) >= 11 is 7.41. The lowest BCUT2D eigenvalue weighted by Gasteiger charge is -2.33. The predicted molar refractivity (Wildman–Crippen MR) is 88.2 cm³/mol. The molecule has 2 amide bonds. The lowest BCUT2D eigenvalue weighted by atomic mass is 9.95. The van der Waals surface area contributed by atoms with E-state index < -0.39 is 0 Å². The van der Waals surface area contributed by atoms with E-state index in [1.165, 1.54) is 11.3 Å². The van der Waals surface area contributed by atoms with E-state index in [1.807, 2.05) is 24.0 Å². The Hall–Kier alpha value is -1.07. The zero-order chi connectivity index (χ0) is 15.7. The van der Waals surface area contributed by atoms with E-state index in [0.29, 0.717) is 16.9 Å². The minimum absolute atomic E-state index is 0.0579. The molecule has 2 heterocycles. The lowest BCUT2D eigenvalue weighted by Crippen LogP contribution is -2.46. The number of halogens is 1. The van der Waals surface area contributed by atoms with Gasteiger partial charge in [0.05, 0.1) is 16.2 Å². The molecule has 0 aromatic carbocycles. The van der Waals surface area contributed by atoms with Gasteiger partial charge in [-0.25, -0.2) is 0 Å². The van der Waals surface area contributed by atoms with Crippen molar-refractivity contribution in [3.8, 4) is 0 Å². The molecule has 3 rings (SSSR count). The molecule has 22 heavy (non-hydrogen) atoms. The van der Waals surface area contributed by atoms with Gasteiger partial charge in [0.15, 0.2) is 0 Å². The molecular weight excluding hydrogens is 320 g/mol. The van der Waals surface area contributed by atoms with E-state index in [9.17, 15) is 9.59 Å². The fourth-order valence-corrected chi connectivity index (χ4v) is 4.00. The van der Waals surface area contributed by atoms with Gasteiger partial charge in [-0.1, -0.05) is 11.6 Å². The number of rotatable bonds is 4. The molecule has 0 radical (unpaired) electrons. The SMILES string of the molecule is C[C@H](C(=O)N1CCC[C@H](C(=O)NC2CC2)C1)c1ccc(Cl)s1. The van der Waals surface area contributed by atoms with E-state index in [1.54, 1.807) is 0 Å². The summed E-state index contributed by atoms with van der Waals surface area (Å²) < 4.78 is 0.704. The summed E-state index contributed by atoms with van der Waals surface area (Å²) in [4.78, 5) is 27.7. The fraction of sp³-hybridized carbons (Fsp3) is 0.625. The van der Waals surface area contributed by atoms with Gasteiger partial charge in [-0.05, 0) is 44.7 Å². The Kier molecular flexibility index (Phi) is 4.73. The first-order valence-corrected chi connectivity index (χ1v) is 9.08. The van der Waals surface area contributed by atoms with Crippen molar-refractivity contribution in [3.63, 3.8) is 0 Å². The number of carbonyl (C=O) groups excluding carboxylic acids is 2. The van der Waals surface area contributed by atoms with Crippen LogP contribution in [0.25, 0.3) is 0 Å². The van der Waals surface area contributed by atoms with E-state index in [0.717, 1.165) is 37.1 Å². The second-order valence-electron chi connectivity index (χ2n) is 6.27. The predicted octanol–water partition coefficient (Wildman–Crippen LogP) is 3.02. The summed E-state index contributed by atoms with van der Waals surface area (Å²) in [5, 5.41) is 3.06. The molecule has 2 atom stereocenters. The number of thiophene rings is 1. The number of likely N-dealkylation sites (tertiary alicyclic amines) is 1. The van der Waals surface area contributed by atoms with Gasteiger partial charge in [-0.15, -0.1) is 11.3 Å². The number of amides is 2. The maximum absolute atomic E-state index is 12.7. The van der Waals surface area contributed by atoms with Crippen LogP contribution in [-0.2, 0) is 9.59 Å². The quantitative estimate of drug-likeness (QED) is 0.916. The molecule has 1 aromatic rings. The summed E-state index contributed by atoms with van der Waals surface area (Å²) in [6.45, 7) is 3.20. The van der Waals surface area contributed by atoms with Crippen molar-refractivity contribution in [2.24, 2.45) is 5.92 Å². The Morgan fingerprint density at radius 1 is 1.36 bits per heavy atom. The van der Waals surface area contributed by atoms with Crippen molar-refractivity contribution in [1.29, 1.82) is 0 Å². The molecule has 4 nitrogen and oxygen atoms in total. The number of carbonyl (C=O) groups is 2. The summed E-state index contributed by atoms with van der Waals surface area (Å²) in [6, 6.07) is 4.12. The third kappa shape index (κ3) is 3.63. The maximum Gasteiger partial charge on any atom is 0.230 e. The lowest BCUT2D eigenvalue weighted by molar-refractivity contribution is -0.136. The molecule has 0 spiro atoms. The standard InChI is InChI=1S/C16H21ClN2O2S/c1-10(13-6-7-14(17)22-13)16(21)19-8-2-3-11(9-19)15(20)18-12-4-5-12/h6-7,10-12H,2-5,8-9H2,1H3,(H,18,20)/t10-,11-/m0/s1. The van der Waals surface area contributed by atoms with Crippen LogP contribution < -0.4 is 5.32 Å². The van der Waals surface area contributed by atoms with Crippen molar-refractivity contribution in [3.05, 3.63) is 21.3 Å². The first-order chi connectivity index (χ1) is 10.5. The van der Waals surface area contributed by atoms with Gasteiger partial charge in [0, 0.05) is 24.0 Å². The Balaban J connectivity index is 1.60. The maximum atomic E-state index is 12.7. The molecule has 1 N–H and O–H groups in total. The van der Waals surface area contributed by atoms with E-state index >= 15 is 0 Å². The van der Waals surface area contributed by atoms with Gasteiger partial charge in [-0.3, -0.25) is 9.59 Å². The number of nitrogens with one attached hydrogen (secondary N) is 1. The van der Waals surface area contributed by atoms with Crippen LogP contribution in [0.4, 0.5) is 0 Å². The van der Waals surface area contributed by atoms with Crippen LogP contribution in [0, 0.1) is 5.92 Å². The number of hydrogen-bond acceptors (Lipinski definition) is 3. The molecule has 2 aliphatic rings. The van der Waals surface area contributed by atoms with Gasteiger partial charge >= 0.3 is 0 Å². The molecule has 2 fully saturated rings. The topological polar surface area (TPSA) is 49.4 Å². The first-order valence-electron chi connectivity index (χ1n) is 7.89. The summed E-state index contributed by atoms with van der Waals surface area (Å²) in [7, 11) is 0. The molecule has 1 saturated carbocycles. The molecule has 120 valence electrons. The van der Waals surface area contributed by atoms with Gasteiger partial charge < -0.3 is 10.2 Å². The van der Waals surface area contributed by atoms with Gasteiger partial charge in [-0.2, -0.15) is 0 Å². The van der Waals surface area contributed by atoms with Crippen LogP contribution >= 0.6 is 22.9 Å². The minimum atomic E-state index is -0.192. The highest BCUT2D eigenvalue weighted by atomic mass is 35.5. The van der Waals surface area contributed by atoms with Crippen LogP contribution in [0.1, 0.15) is 43.4 Å². The highest BCUT2D eigenvalue weighted by Crippen LogP contribution is 2.30.